The van der Waals surface area contributed by atoms with E-state index in [-0.39, 0.29) is 5.75 Å². The molecule has 1 rings (SSSR count). The molecular formula is C10H13F2NO2S. The number of sulfone groups is 1. The largest absolute Gasteiger partial charge is 0.322 e. The van der Waals surface area contributed by atoms with Gasteiger partial charge in [0.2, 0.25) is 0 Å². The Labute approximate surface area is 93.2 Å². The minimum Gasteiger partial charge on any atom is -0.322 e. The van der Waals surface area contributed by atoms with Gasteiger partial charge < -0.3 is 5.73 Å². The van der Waals surface area contributed by atoms with Crippen LogP contribution < -0.4 is 5.73 Å². The smallest absolute Gasteiger partial charge is 0.254 e. The van der Waals surface area contributed by atoms with Crippen LogP contribution in [0.5, 0.6) is 0 Å². The van der Waals surface area contributed by atoms with Crippen molar-refractivity contribution in [3.63, 3.8) is 0 Å². The quantitative estimate of drug-likeness (QED) is 0.852. The van der Waals surface area contributed by atoms with Gasteiger partial charge in [0.05, 0.1) is 17.5 Å². The number of alkyl halides is 2. The van der Waals surface area contributed by atoms with Gasteiger partial charge in [0, 0.05) is 0 Å². The summed E-state index contributed by atoms with van der Waals surface area (Å²) in [5.41, 5.74) is 5.60. The molecule has 0 aliphatic carbocycles. The normalized spacial score (nSPS) is 14.0. The summed E-state index contributed by atoms with van der Waals surface area (Å²) in [4.78, 5) is 0. The van der Waals surface area contributed by atoms with Gasteiger partial charge >= 0.3 is 0 Å². The molecule has 0 spiro atoms. The van der Waals surface area contributed by atoms with Crippen LogP contribution >= 0.6 is 0 Å². The first-order valence-electron chi connectivity index (χ1n) is 4.69. The lowest BCUT2D eigenvalue weighted by atomic mass is 10.2. The highest BCUT2D eigenvalue weighted by Gasteiger charge is 2.23. The van der Waals surface area contributed by atoms with Crippen LogP contribution in [0, 0.1) is 0 Å². The molecule has 1 atom stereocenters. The van der Waals surface area contributed by atoms with Gasteiger partial charge in [-0.3, -0.25) is 0 Å². The van der Waals surface area contributed by atoms with Crippen molar-refractivity contribution in [3.8, 4) is 0 Å². The van der Waals surface area contributed by atoms with E-state index in [0.717, 1.165) is 0 Å². The average molecular weight is 249 g/mol. The molecule has 0 saturated heterocycles. The maximum atomic E-state index is 12.1. The molecule has 6 heteroatoms. The van der Waals surface area contributed by atoms with Crippen molar-refractivity contribution in [2.45, 2.75) is 18.2 Å². The lowest BCUT2D eigenvalue weighted by molar-refractivity contribution is 0.124. The molecule has 0 amide bonds. The molecule has 0 aromatic heterocycles. The van der Waals surface area contributed by atoms with Crippen LogP contribution in [0.3, 0.4) is 0 Å². The van der Waals surface area contributed by atoms with Gasteiger partial charge in [0.25, 0.3) is 6.43 Å². The highest BCUT2D eigenvalue weighted by molar-refractivity contribution is 7.90. The molecule has 0 heterocycles. The van der Waals surface area contributed by atoms with E-state index in [9.17, 15) is 17.2 Å². The molecule has 0 bridgehead atoms. The molecule has 0 aliphatic rings. The van der Waals surface area contributed by atoms with Crippen molar-refractivity contribution in [1.82, 2.24) is 0 Å². The van der Waals surface area contributed by atoms with Crippen LogP contribution in [0.2, 0.25) is 0 Å². The molecule has 0 radical (unpaired) electrons. The van der Waals surface area contributed by atoms with Gasteiger partial charge in [-0.1, -0.05) is 30.3 Å². The van der Waals surface area contributed by atoms with Crippen LogP contribution in [0.4, 0.5) is 8.78 Å². The summed E-state index contributed by atoms with van der Waals surface area (Å²) >= 11 is 0. The Hall–Kier alpha value is -1.01. The van der Waals surface area contributed by atoms with E-state index in [2.05, 4.69) is 0 Å². The zero-order valence-electron chi connectivity index (χ0n) is 8.51. The highest BCUT2D eigenvalue weighted by Crippen LogP contribution is 2.09. The monoisotopic (exact) mass is 249 g/mol. The van der Waals surface area contributed by atoms with Gasteiger partial charge in [-0.2, -0.15) is 0 Å². The second-order valence-electron chi connectivity index (χ2n) is 3.54. The third kappa shape index (κ3) is 4.24. The molecule has 3 nitrogen and oxygen atoms in total. The van der Waals surface area contributed by atoms with Crippen LogP contribution in [0.25, 0.3) is 0 Å². The predicted molar refractivity (Wildman–Crippen MR) is 57.9 cm³/mol. The van der Waals surface area contributed by atoms with Crippen molar-refractivity contribution in [3.05, 3.63) is 35.9 Å². The lowest BCUT2D eigenvalue weighted by Crippen LogP contribution is -2.36. The van der Waals surface area contributed by atoms with Gasteiger partial charge in [0.1, 0.15) is 0 Å². The molecule has 2 N–H and O–H groups in total. The molecule has 0 fully saturated rings. The fourth-order valence-electron chi connectivity index (χ4n) is 1.25. The predicted octanol–water partition coefficient (Wildman–Crippen LogP) is 1.19. The lowest BCUT2D eigenvalue weighted by Gasteiger charge is -2.10. The molecule has 1 aromatic rings. The van der Waals surface area contributed by atoms with E-state index >= 15 is 0 Å². The van der Waals surface area contributed by atoms with Crippen LogP contribution in [-0.2, 0) is 15.6 Å². The summed E-state index contributed by atoms with van der Waals surface area (Å²) < 4.78 is 47.2. The zero-order chi connectivity index (χ0) is 12.2. The number of hydrogen-bond acceptors (Lipinski definition) is 3. The van der Waals surface area contributed by atoms with Crippen molar-refractivity contribution >= 4 is 9.84 Å². The highest BCUT2D eigenvalue weighted by atomic mass is 32.2. The summed E-state index contributed by atoms with van der Waals surface area (Å²) in [6.45, 7) is 0. The van der Waals surface area contributed by atoms with E-state index < -0.39 is 28.1 Å². The summed E-state index contributed by atoms with van der Waals surface area (Å²) in [6, 6.07) is 6.78. The van der Waals surface area contributed by atoms with Gasteiger partial charge in [-0.05, 0) is 5.56 Å². The number of benzene rings is 1. The topological polar surface area (TPSA) is 60.2 Å². The summed E-state index contributed by atoms with van der Waals surface area (Å²) in [6.07, 6.45) is -2.81. The summed E-state index contributed by atoms with van der Waals surface area (Å²) in [7, 11) is -3.58. The fraction of sp³-hybridized carbons (Fsp3) is 0.400. The van der Waals surface area contributed by atoms with E-state index in [1.807, 2.05) is 0 Å². The zero-order valence-corrected chi connectivity index (χ0v) is 9.33. The van der Waals surface area contributed by atoms with Gasteiger partial charge in [-0.25, -0.2) is 17.2 Å². The summed E-state index contributed by atoms with van der Waals surface area (Å²) in [5, 5.41) is 0. The molecule has 0 aliphatic heterocycles. The van der Waals surface area contributed by atoms with Crippen molar-refractivity contribution < 1.29 is 17.2 Å². The van der Waals surface area contributed by atoms with E-state index in [1.165, 1.54) is 0 Å². The maximum absolute atomic E-state index is 12.1. The Bertz CT molecular complexity index is 420. The number of hydrogen-bond donors (Lipinski definition) is 1. The van der Waals surface area contributed by atoms with Gasteiger partial charge in [-0.15, -0.1) is 0 Å². The van der Waals surface area contributed by atoms with Crippen molar-refractivity contribution in [1.29, 1.82) is 0 Å². The van der Waals surface area contributed by atoms with E-state index in [4.69, 9.17) is 5.73 Å². The van der Waals surface area contributed by atoms with E-state index in [1.54, 1.807) is 30.3 Å². The first-order valence-corrected chi connectivity index (χ1v) is 6.51. The first-order chi connectivity index (χ1) is 7.41. The molecule has 1 aromatic carbocycles. The maximum Gasteiger partial charge on any atom is 0.254 e. The van der Waals surface area contributed by atoms with Crippen LogP contribution in [0.15, 0.2) is 30.3 Å². The van der Waals surface area contributed by atoms with E-state index in [0.29, 0.717) is 5.56 Å². The van der Waals surface area contributed by atoms with Crippen LogP contribution in [-0.4, -0.2) is 26.6 Å². The van der Waals surface area contributed by atoms with Crippen molar-refractivity contribution in [2.75, 3.05) is 5.75 Å². The molecule has 1 unspecified atom stereocenters. The Morgan fingerprint density at radius 3 is 2.25 bits per heavy atom. The molecule has 90 valence electrons. The number of halogens is 2. The Balaban J connectivity index is 2.66. The van der Waals surface area contributed by atoms with Crippen molar-refractivity contribution in [2.24, 2.45) is 5.73 Å². The first kappa shape index (κ1) is 13.1. The SMILES string of the molecule is NC(CS(=O)(=O)Cc1ccccc1)C(F)F. The number of nitrogens with two attached hydrogens (primary N) is 1. The standard InChI is InChI=1S/C10H13F2NO2S/c11-10(12)9(13)7-16(14,15)6-8-4-2-1-3-5-8/h1-5,9-10H,6-7,13H2. The Morgan fingerprint density at radius 1 is 1.19 bits per heavy atom. The molecular weight excluding hydrogens is 236 g/mol. The van der Waals surface area contributed by atoms with Crippen LogP contribution in [0.1, 0.15) is 5.56 Å². The average Bonchev–Trinajstić information content (AvgIpc) is 2.17. The summed E-state index contributed by atoms with van der Waals surface area (Å²) in [5.74, 6) is -0.951. The minimum absolute atomic E-state index is 0.256. The second kappa shape index (κ2) is 5.36. The second-order valence-corrected chi connectivity index (χ2v) is 5.65. The van der Waals surface area contributed by atoms with Gasteiger partial charge in [0.15, 0.2) is 9.84 Å². The molecule has 16 heavy (non-hydrogen) atoms. The third-order valence-electron chi connectivity index (χ3n) is 2.00. The minimum atomic E-state index is -3.58. The fourth-order valence-corrected chi connectivity index (χ4v) is 2.80. The Kier molecular flexibility index (Phi) is 4.37. The number of rotatable bonds is 5. The molecule has 0 saturated carbocycles. The Morgan fingerprint density at radius 2 is 1.75 bits per heavy atom. The third-order valence-corrected chi connectivity index (χ3v) is 3.67.